The van der Waals surface area contributed by atoms with Crippen LogP contribution in [0.15, 0.2) is 18.3 Å². The van der Waals surface area contributed by atoms with Crippen LogP contribution in [0.5, 0.6) is 0 Å². The van der Waals surface area contributed by atoms with E-state index < -0.39 is 0 Å². The van der Waals surface area contributed by atoms with Crippen molar-refractivity contribution in [2.45, 2.75) is 6.04 Å². The molecule has 4 nitrogen and oxygen atoms in total. The van der Waals surface area contributed by atoms with Gasteiger partial charge in [0.2, 0.25) is 0 Å². The normalized spacial score (nSPS) is 23.5. The average molecular weight is 286 g/mol. The molecule has 3 heterocycles. The summed E-state index contributed by atoms with van der Waals surface area (Å²) in [5, 5.41) is 1.09. The van der Waals surface area contributed by atoms with Crippen LogP contribution in [0.4, 0.5) is 5.82 Å². The molecule has 0 radical (unpaired) electrons. The van der Waals surface area contributed by atoms with E-state index in [-0.39, 0.29) is 11.9 Å². The van der Waals surface area contributed by atoms with Crippen molar-refractivity contribution in [1.82, 2.24) is 9.88 Å². The van der Waals surface area contributed by atoms with E-state index in [1.54, 1.807) is 23.9 Å². The quantitative estimate of drug-likeness (QED) is 0.735. The number of carbonyl (C=O) groups excluding carboxylic acids is 1. The lowest BCUT2D eigenvalue weighted by molar-refractivity contribution is -0.118. The molecule has 1 aromatic heterocycles. The monoisotopic (exact) mass is 285 g/mol. The lowest BCUT2D eigenvalue weighted by Crippen LogP contribution is -2.33. The van der Waals surface area contributed by atoms with Gasteiger partial charge in [-0.05, 0) is 24.4 Å². The van der Waals surface area contributed by atoms with E-state index in [2.05, 4.69) is 4.98 Å². The van der Waals surface area contributed by atoms with Crippen molar-refractivity contribution in [3.8, 4) is 0 Å². The lowest BCUT2D eigenvalue weighted by Gasteiger charge is -2.17. The van der Waals surface area contributed by atoms with Crippen molar-refractivity contribution in [3.05, 3.63) is 23.4 Å². The Morgan fingerprint density at radius 3 is 3.00 bits per heavy atom. The van der Waals surface area contributed by atoms with E-state index in [0.717, 1.165) is 11.6 Å². The van der Waals surface area contributed by atoms with Gasteiger partial charge in [0.05, 0.1) is 10.9 Å². The summed E-state index contributed by atoms with van der Waals surface area (Å²) in [6, 6.07) is 3.30. The van der Waals surface area contributed by atoms with Gasteiger partial charge in [-0.3, -0.25) is 4.79 Å². The minimum absolute atomic E-state index is 0.00909. The molecule has 88 valence electrons. The van der Waals surface area contributed by atoms with E-state index in [4.69, 9.17) is 23.8 Å². The highest BCUT2D eigenvalue weighted by atomic mass is 35.5. The van der Waals surface area contributed by atoms with Crippen LogP contribution in [-0.4, -0.2) is 38.6 Å². The largest absolute Gasteiger partial charge is 0.326 e. The molecule has 0 spiro atoms. The van der Waals surface area contributed by atoms with Crippen LogP contribution in [0.1, 0.15) is 0 Å². The summed E-state index contributed by atoms with van der Waals surface area (Å²) in [4.78, 5) is 19.8. The van der Waals surface area contributed by atoms with Gasteiger partial charge in [-0.2, -0.15) is 0 Å². The highest BCUT2D eigenvalue weighted by Crippen LogP contribution is 2.32. The molecule has 0 aromatic carbocycles. The van der Waals surface area contributed by atoms with E-state index in [1.165, 1.54) is 11.1 Å². The number of pyridine rings is 1. The Morgan fingerprint density at radius 2 is 2.35 bits per heavy atom. The molecule has 3 rings (SSSR count). The van der Waals surface area contributed by atoms with E-state index in [9.17, 15) is 4.79 Å². The maximum atomic E-state index is 12.2. The zero-order valence-corrected chi connectivity index (χ0v) is 11.1. The lowest BCUT2D eigenvalue weighted by atomic mass is 10.3. The third-order valence-electron chi connectivity index (χ3n) is 2.77. The summed E-state index contributed by atoms with van der Waals surface area (Å²) in [6.07, 6.45) is 1.52. The second-order valence-corrected chi connectivity index (χ2v) is 5.58. The van der Waals surface area contributed by atoms with E-state index in [1.807, 2.05) is 4.90 Å². The van der Waals surface area contributed by atoms with Crippen molar-refractivity contribution in [2.75, 3.05) is 16.5 Å². The zero-order valence-electron chi connectivity index (χ0n) is 8.67. The number of hydrogen-bond donors (Lipinski definition) is 0. The average Bonchev–Trinajstić information content (AvgIpc) is 2.87. The summed E-state index contributed by atoms with van der Waals surface area (Å²) in [5.74, 6) is 2.13. The molecule has 2 fully saturated rings. The fourth-order valence-electron chi connectivity index (χ4n) is 1.92. The van der Waals surface area contributed by atoms with Gasteiger partial charge in [-0.1, -0.05) is 11.6 Å². The van der Waals surface area contributed by atoms with Gasteiger partial charge < -0.3 is 4.90 Å². The Hall–Kier alpha value is -0.850. The van der Waals surface area contributed by atoms with Crippen LogP contribution in [0, 0.1) is 0 Å². The Bertz CT molecular complexity index is 471. The summed E-state index contributed by atoms with van der Waals surface area (Å²) >= 11 is 12.8. The number of rotatable bonds is 1. The van der Waals surface area contributed by atoms with Crippen LogP contribution >= 0.6 is 35.6 Å². The van der Waals surface area contributed by atoms with Crippen molar-refractivity contribution >= 4 is 52.4 Å². The fraction of sp³-hybridized carbons (Fsp3) is 0.300. The predicted octanol–water partition coefficient (Wildman–Crippen LogP) is 1.74. The second kappa shape index (κ2) is 4.12. The van der Waals surface area contributed by atoms with Gasteiger partial charge in [-0.25, -0.2) is 9.88 Å². The number of halogens is 1. The molecular formula is C10H8ClN3OS2. The van der Waals surface area contributed by atoms with Gasteiger partial charge in [0.15, 0.2) is 5.11 Å². The van der Waals surface area contributed by atoms with Crippen LogP contribution in [-0.2, 0) is 4.79 Å². The molecule has 7 heteroatoms. The van der Waals surface area contributed by atoms with Gasteiger partial charge in [-0.15, -0.1) is 11.8 Å². The zero-order chi connectivity index (χ0) is 12.0. The van der Waals surface area contributed by atoms with Gasteiger partial charge >= 0.3 is 0 Å². The molecule has 1 aromatic rings. The minimum Gasteiger partial charge on any atom is -0.326 e. The molecule has 2 aliphatic heterocycles. The molecule has 2 aliphatic rings. The van der Waals surface area contributed by atoms with Crippen molar-refractivity contribution in [2.24, 2.45) is 0 Å². The van der Waals surface area contributed by atoms with Crippen molar-refractivity contribution in [3.63, 3.8) is 0 Å². The summed E-state index contributed by atoms with van der Waals surface area (Å²) in [5.41, 5.74) is 0. The molecule has 0 N–H and O–H groups in total. The summed E-state index contributed by atoms with van der Waals surface area (Å²) in [7, 11) is 0. The topological polar surface area (TPSA) is 36.4 Å². The number of thiocarbonyl (C=S) groups is 1. The Kier molecular flexibility index (Phi) is 2.72. The highest BCUT2D eigenvalue weighted by molar-refractivity contribution is 7.99. The number of anilines is 1. The predicted molar refractivity (Wildman–Crippen MR) is 72.3 cm³/mol. The molecular weight excluding hydrogens is 278 g/mol. The SMILES string of the molecule is O=C1[C@@H]2CSCN2C(=S)N1c1ccc(Cl)cn1. The third-order valence-corrected chi connectivity index (χ3v) is 4.42. The van der Waals surface area contributed by atoms with Crippen LogP contribution < -0.4 is 4.90 Å². The van der Waals surface area contributed by atoms with Crippen LogP contribution in [0.25, 0.3) is 0 Å². The van der Waals surface area contributed by atoms with Gasteiger partial charge in [0.1, 0.15) is 11.9 Å². The third kappa shape index (κ3) is 1.71. The number of aromatic nitrogens is 1. The summed E-state index contributed by atoms with van der Waals surface area (Å²) in [6.45, 7) is 0. The first-order chi connectivity index (χ1) is 8.18. The maximum Gasteiger partial charge on any atom is 0.258 e. The Morgan fingerprint density at radius 1 is 1.53 bits per heavy atom. The molecule has 0 aliphatic carbocycles. The molecule has 1 amide bonds. The first-order valence-electron chi connectivity index (χ1n) is 5.02. The highest BCUT2D eigenvalue weighted by Gasteiger charge is 2.46. The molecule has 2 saturated heterocycles. The minimum atomic E-state index is -0.120. The number of nitrogens with zero attached hydrogens (tertiary/aromatic N) is 3. The number of fused-ring (bicyclic) bond motifs is 1. The van der Waals surface area contributed by atoms with Crippen LogP contribution in [0.3, 0.4) is 0 Å². The fourth-order valence-corrected chi connectivity index (χ4v) is 3.64. The molecule has 0 unspecified atom stereocenters. The standard InChI is InChI=1S/C10H8ClN3OS2/c11-6-1-2-8(12-3-6)14-9(15)7-4-17-5-13(7)10(14)16/h1-3,7H,4-5H2/t7-/m0/s1. The summed E-state index contributed by atoms with van der Waals surface area (Å²) < 4.78 is 0. The van der Waals surface area contributed by atoms with Crippen molar-refractivity contribution in [1.29, 1.82) is 0 Å². The van der Waals surface area contributed by atoms with Crippen molar-refractivity contribution < 1.29 is 4.79 Å². The Labute approximate surface area is 113 Å². The van der Waals surface area contributed by atoms with E-state index in [0.29, 0.717) is 16.0 Å². The number of thioether (sulfide) groups is 1. The molecule has 0 bridgehead atoms. The number of amides is 1. The molecule has 0 saturated carbocycles. The number of carbonyl (C=O) groups is 1. The van der Waals surface area contributed by atoms with Gasteiger partial charge in [0.25, 0.3) is 5.91 Å². The van der Waals surface area contributed by atoms with Gasteiger partial charge in [0, 0.05) is 11.9 Å². The first kappa shape index (κ1) is 11.3. The molecule has 1 atom stereocenters. The van der Waals surface area contributed by atoms with Crippen LogP contribution in [0.2, 0.25) is 5.02 Å². The smallest absolute Gasteiger partial charge is 0.258 e. The number of hydrogen-bond acceptors (Lipinski definition) is 4. The van der Waals surface area contributed by atoms with E-state index >= 15 is 0 Å². The first-order valence-corrected chi connectivity index (χ1v) is 6.96. The maximum absolute atomic E-state index is 12.2. The Balaban J connectivity index is 1.96. The second-order valence-electron chi connectivity index (χ2n) is 3.78. The molecule has 17 heavy (non-hydrogen) atoms.